The zero-order valence-electron chi connectivity index (χ0n) is 11.9. The minimum atomic E-state index is -0.0984. The molecule has 2 aromatic heterocycles. The third-order valence-electron chi connectivity index (χ3n) is 3.56. The third-order valence-corrected chi connectivity index (χ3v) is 5.82. The van der Waals surface area contributed by atoms with Crippen LogP contribution in [0.5, 0.6) is 0 Å². The number of anilines is 1. The third kappa shape index (κ3) is 2.54. The molecule has 0 atom stereocenters. The molecule has 108 valence electrons. The van der Waals surface area contributed by atoms with Crippen LogP contribution in [-0.4, -0.2) is 5.91 Å². The molecule has 0 unspecified atom stereocenters. The van der Waals surface area contributed by atoms with Gasteiger partial charge in [-0.2, -0.15) is 11.3 Å². The average Bonchev–Trinajstić information content (AvgIpc) is 3.02. The Labute approximate surface area is 131 Å². The second-order valence-electron chi connectivity index (χ2n) is 5.06. The minimum Gasteiger partial charge on any atom is -0.397 e. The van der Waals surface area contributed by atoms with Gasteiger partial charge in [-0.25, -0.2) is 0 Å². The first kappa shape index (κ1) is 14.1. The number of nitrogens with two attached hydrogens (primary N) is 1. The molecule has 0 aliphatic carbocycles. The fraction of sp³-hybridized carbons (Fsp3) is 0.188. The van der Waals surface area contributed by atoms with Crippen LogP contribution in [0.3, 0.4) is 0 Å². The van der Waals surface area contributed by atoms with E-state index < -0.39 is 0 Å². The second-order valence-corrected chi connectivity index (χ2v) is 6.82. The van der Waals surface area contributed by atoms with E-state index in [-0.39, 0.29) is 5.91 Å². The van der Waals surface area contributed by atoms with Crippen LogP contribution in [-0.2, 0) is 6.54 Å². The normalized spacial score (nSPS) is 11.0. The van der Waals surface area contributed by atoms with E-state index in [1.54, 1.807) is 11.3 Å². The van der Waals surface area contributed by atoms with Crippen molar-refractivity contribution in [1.82, 2.24) is 5.32 Å². The van der Waals surface area contributed by atoms with E-state index in [1.807, 2.05) is 25.1 Å². The summed E-state index contributed by atoms with van der Waals surface area (Å²) in [6.45, 7) is 4.63. The van der Waals surface area contributed by atoms with Crippen LogP contribution in [0.1, 0.15) is 26.4 Å². The Balaban J connectivity index is 1.86. The quantitative estimate of drug-likeness (QED) is 0.764. The topological polar surface area (TPSA) is 55.1 Å². The number of fused-ring (bicyclic) bond motifs is 1. The summed E-state index contributed by atoms with van der Waals surface area (Å²) >= 11 is 3.11. The number of benzene rings is 1. The van der Waals surface area contributed by atoms with Crippen molar-refractivity contribution in [2.45, 2.75) is 20.4 Å². The first-order chi connectivity index (χ1) is 10.1. The van der Waals surface area contributed by atoms with Gasteiger partial charge in [0.2, 0.25) is 0 Å². The number of rotatable bonds is 3. The molecular formula is C16H16N2OS2. The summed E-state index contributed by atoms with van der Waals surface area (Å²) in [6.07, 6.45) is 0. The maximum absolute atomic E-state index is 12.4. The molecule has 0 saturated carbocycles. The summed E-state index contributed by atoms with van der Waals surface area (Å²) < 4.78 is 1.09. The fourth-order valence-electron chi connectivity index (χ4n) is 2.27. The number of amides is 1. The lowest BCUT2D eigenvalue weighted by Gasteiger charge is -2.04. The monoisotopic (exact) mass is 316 g/mol. The zero-order valence-corrected chi connectivity index (χ0v) is 13.5. The van der Waals surface area contributed by atoms with Gasteiger partial charge in [0, 0.05) is 16.6 Å². The Bertz CT molecular complexity index is 817. The number of hydrogen-bond acceptors (Lipinski definition) is 4. The van der Waals surface area contributed by atoms with Crippen LogP contribution in [0.4, 0.5) is 5.69 Å². The number of aryl methyl sites for hydroxylation is 2. The summed E-state index contributed by atoms with van der Waals surface area (Å²) in [4.78, 5) is 13.0. The molecular weight excluding hydrogens is 300 g/mol. The molecule has 0 aliphatic heterocycles. The van der Waals surface area contributed by atoms with Gasteiger partial charge in [-0.1, -0.05) is 18.2 Å². The van der Waals surface area contributed by atoms with E-state index in [2.05, 4.69) is 23.0 Å². The number of carbonyl (C=O) groups excluding carboxylic acids is 1. The van der Waals surface area contributed by atoms with Gasteiger partial charge in [0.05, 0.1) is 5.69 Å². The van der Waals surface area contributed by atoms with Gasteiger partial charge in [0.1, 0.15) is 4.88 Å². The Hall–Kier alpha value is -1.85. The summed E-state index contributed by atoms with van der Waals surface area (Å²) in [5.41, 5.74) is 10.2. The van der Waals surface area contributed by atoms with Gasteiger partial charge in [-0.05, 0) is 41.3 Å². The molecule has 2 heterocycles. The van der Waals surface area contributed by atoms with Crippen molar-refractivity contribution in [3.8, 4) is 0 Å². The van der Waals surface area contributed by atoms with E-state index in [9.17, 15) is 4.79 Å². The van der Waals surface area contributed by atoms with Crippen molar-refractivity contribution in [1.29, 1.82) is 0 Å². The molecule has 1 amide bonds. The molecule has 3 N–H and O–H groups in total. The van der Waals surface area contributed by atoms with E-state index >= 15 is 0 Å². The number of nitrogens with one attached hydrogen (secondary N) is 1. The van der Waals surface area contributed by atoms with Gasteiger partial charge < -0.3 is 11.1 Å². The molecule has 5 heteroatoms. The maximum Gasteiger partial charge on any atom is 0.263 e. The van der Waals surface area contributed by atoms with E-state index in [1.165, 1.54) is 16.9 Å². The number of carbonyl (C=O) groups is 1. The highest BCUT2D eigenvalue weighted by atomic mass is 32.1. The molecule has 3 aromatic rings. The van der Waals surface area contributed by atoms with Crippen LogP contribution in [0.2, 0.25) is 0 Å². The lowest BCUT2D eigenvalue weighted by molar-refractivity contribution is 0.0956. The van der Waals surface area contributed by atoms with Crippen LogP contribution >= 0.6 is 22.7 Å². The smallest absolute Gasteiger partial charge is 0.263 e. The van der Waals surface area contributed by atoms with Gasteiger partial charge in [-0.3, -0.25) is 4.79 Å². The molecule has 0 saturated heterocycles. The standard InChI is InChI=1S/C16H16N2OS2/c1-9-4-3-5-12-13(17)15(21-14(9)12)16(19)18-6-11-8-20-7-10(11)2/h3-5,7-8H,6,17H2,1-2H3,(H,18,19). The van der Waals surface area contributed by atoms with Crippen LogP contribution in [0.15, 0.2) is 29.0 Å². The summed E-state index contributed by atoms with van der Waals surface area (Å²) in [7, 11) is 0. The Kier molecular flexibility index (Phi) is 3.69. The van der Waals surface area contributed by atoms with Gasteiger partial charge in [0.15, 0.2) is 0 Å². The summed E-state index contributed by atoms with van der Waals surface area (Å²) in [5, 5.41) is 8.08. The van der Waals surface area contributed by atoms with E-state index in [0.29, 0.717) is 17.1 Å². The van der Waals surface area contributed by atoms with Crippen molar-refractivity contribution in [2.24, 2.45) is 0 Å². The highest BCUT2D eigenvalue weighted by molar-refractivity contribution is 7.21. The van der Waals surface area contributed by atoms with Crippen molar-refractivity contribution < 1.29 is 4.79 Å². The average molecular weight is 316 g/mol. The first-order valence-electron chi connectivity index (χ1n) is 6.65. The Morgan fingerprint density at radius 2 is 2.05 bits per heavy atom. The second kappa shape index (κ2) is 5.50. The first-order valence-corrected chi connectivity index (χ1v) is 8.41. The molecule has 0 aliphatic rings. The van der Waals surface area contributed by atoms with Crippen molar-refractivity contribution in [3.05, 3.63) is 50.5 Å². The highest BCUT2D eigenvalue weighted by Gasteiger charge is 2.17. The van der Waals surface area contributed by atoms with Crippen molar-refractivity contribution in [2.75, 3.05) is 5.73 Å². The molecule has 0 spiro atoms. The Morgan fingerprint density at radius 1 is 1.24 bits per heavy atom. The van der Waals surface area contributed by atoms with Crippen LogP contribution in [0, 0.1) is 13.8 Å². The van der Waals surface area contributed by atoms with E-state index in [0.717, 1.165) is 21.2 Å². The zero-order chi connectivity index (χ0) is 15.0. The fourth-order valence-corrected chi connectivity index (χ4v) is 4.23. The van der Waals surface area contributed by atoms with Crippen molar-refractivity contribution >= 4 is 44.4 Å². The van der Waals surface area contributed by atoms with Gasteiger partial charge in [-0.15, -0.1) is 11.3 Å². The summed E-state index contributed by atoms with van der Waals surface area (Å²) in [5.74, 6) is -0.0984. The predicted molar refractivity (Wildman–Crippen MR) is 91.2 cm³/mol. The molecule has 21 heavy (non-hydrogen) atoms. The van der Waals surface area contributed by atoms with E-state index in [4.69, 9.17) is 5.73 Å². The number of nitrogen functional groups attached to an aromatic ring is 1. The van der Waals surface area contributed by atoms with Gasteiger partial charge in [0.25, 0.3) is 5.91 Å². The molecule has 3 rings (SSSR count). The Morgan fingerprint density at radius 3 is 2.71 bits per heavy atom. The molecule has 3 nitrogen and oxygen atoms in total. The van der Waals surface area contributed by atoms with Crippen molar-refractivity contribution in [3.63, 3.8) is 0 Å². The molecule has 0 fully saturated rings. The minimum absolute atomic E-state index is 0.0984. The van der Waals surface area contributed by atoms with Crippen LogP contribution in [0.25, 0.3) is 10.1 Å². The van der Waals surface area contributed by atoms with Gasteiger partial charge >= 0.3 is 0 Å². The number of thiophene rings is 2. The predicted octanol–water partition coefficient (Wildman–Crippen LogP) is 4.09. The SMILES string of the molecule is Cc1cscc1CNC(=O)c1sc2c(C)cccc2c1N. The molecule has 0 bridgehead atoms. The maximum atomic E-state index is 12.4. The lowest BCUT2D eigenvalue weighted by atomic mass is 10.1. The lowest BCUT2D eigenvalue weighted by Crippen LogP contribution is -2.22. The summed E-state index contributed by atoms with van der Waals surface area (Å²) in [6, 6.07) is 5.97. The largest absolute Gasteiger partial charge is 0.397 e. The highest BCUT2D eigenvalue weighted by Crippen LogP contribution is 2.35. The van der Waals surface area contributed by atoms with Crippen LogP contribution < -0.4 is 11.1 Å². The molecule has 0 radical (unpaired) electrons. The number of hydrogen-bond donors (Lipinski definition) is 2. The molecule has 1 aromatic carbocycles.